The van der Waals surface area contributed by atoms with Crippen LogP contribution >= 0.6 is 0 Å². The van der Waals surface area contributed by atoms with E-state index >= 15 is 0 Å². The summed E-state index contributed by atoms with van der Waals surface area (Å²) in [4.78, 5) is 55.5. The van der Waals surface area contributed by atoms with Crippen molar-refractivity contribution >= 4 is 39.6 Å². The molecule has 0 radical (unpaired) electrons. The Hall–Kier alpha value is -7.15. The number of carbonyl (C=O) groups is 3. The van der Waals surface area contributed by atoms with Crippen LogP contribution in [0.25, 0.3) is 55.3 Å². The molecule has 61 heavy (non-hydrogen) atoms. The molecule has 12 heteroatoms. The summed E-state index contributed by atoms with van der Waals surface area (Å²) in [5, 5.41) is 18.8. The molecule has 1 aliphatic carbocycles. The summed E-state index contributed by atoms with van der Waals surface area (Å²) in [5.74, 6) is -1.21. The molecule has 4 heterocycles. The van der Waals surface area contributed by atoms with E-state index in [0.717, 1.165) is 71.7 Å². The number of aromatic nitrogens is 2. The van der Waals surface area contributed by atoms with E-state index in [2.05, 4.69) is 84.3 Å². The van der Waals surface area contributed by atoms with Crippen LogP contribution in [-0.4, -0.2) is 59.1 Å². The van der Waals surface area contributed by atoms with Gasteiger partial charge < -0.3 is 34.5 Å². The lowest BCUT2D eigenvalue weighted by Crippen LogP contribution is -2.38. The number of aliphatic hydroxyl groups is 1. The van der Waals surface area contributed by atoms with Crippen LogP contribution < -0.4 is 16.2 Å². The number of carbonyl (C=O) groups excluding carboxylic acids is 3. The van der Waals surface area contributed by atoms with Crippen LogP contribution in [0.3, 0.4) is 0 Å². The maximum absolute atomic E-state index is 13.5. The fourth-order valence-corrected chi connectivity index (χ4v) is 8.98. The number of aliphatic hydroxyl groups excluding tert-OH is 1. The SMILES string of the molecule is Cc1c2c(nc3ccc4ccc(-c5ccc(CCOCNC(=O)CNC(=O)OCC6c7ccccc7-c7ccccc76)cc5)cc4c13)-c1cc3c(c(=O)n1C2)COC(=O)C3O. The molecule has 0 saturated carbocycles. The van der Waals surface area contributed by atoms with Gasteiger partial charge >= 0.3 is 12.1 Å². The summed E-state index contributed by atoms with van der Waals surface area (Å²) in [6.45, 7) is 2.58. The summed E-state index contributed by atoms with van der Waals surface area (Å²) < 4.78 is 17.9. The van der Waals surface area contributed by atoms with Gasteiger partial charge in [-0.25, -0.2) is 14.6 Å². The number of amides is 2. The first-order valence-electron chi connectivity index (χ1n) is 20.2. The molecule has 1 unspecified atom stereocenters. The third-order valence-electron chi connectivity index (χ3n) is 12.1. The lowest BCUT2D eigenvalue weighted by molar-refractivity contribution is -0.157. The molecule has 2 aromatic heterocycles. The largest absolute Gasteiger partial charge is 0.458 e. The molecule has 10 rings (SSSR count). The summed E-state index contributed by atoms with van der Waals surface area (Å²) in [6, 6.07) is 36.6. The van der Waals surface area contributed by atoms with E-state index in [0.29, 0.717) is 36.5 Å². The molecule has 12 nitrogen and oxygen atoms in total. The van der Waals surface area contributed by atoms with Crippen LogP contribution in [0.4, 0.5) is 4.79 Å². The fourth-order valence-electron chi connectivity index (χ4n) is 8.98. The van der Waals surface area contributed by atoms with Crippen molar-refractivity contribution < 1.29 is 33.7 Å². The monoisotopic (exact) mass is 812 g/mol. The zero-order valence-electron chi connectivity index (χ0n) is 33.2. The molecular formula is C49H40N4O8. The number of alkyl carbamates (subject to hydrolysis) is 1. The van der Waals surface area contributed by atoms with Crippen LogP contribution in [0.15, 0.2) is 114 Å². The Morgan fingerprint density at radius 2 is 1.57 bits per heavy atom. The summed E-state index contributed by atoms with van der Waals surface area (Å²) >= 11 is 0. The van der Waals surface area contributed by atoms with E-state index in [-0.39, 0.29) is 49.4 Å². The summed E-state index contributed by atoms with van der Waals surface area (Å²) in [6.07, 6.45) is -1.51. The van der Waals surface area contributed by atoms with Gasteiger partial charge in [-0.2, -0.15) is 0 Å². The number of esters is 1. The lowest BCUT2D eigenvalue weighted by Gasteiger charge is -2.21. The van der Waals surface area contributed by atoms with Crippen molar-refractivity contribution in [1.82, 2.24) is 20.2 Å². The van der Waals surface area contributed by atoms with Gasteiger partial charge in [0, 0.05) is 22.4 Å². The van der Waals surface area contributed by atoms with Crippen molar-refractivity contribution in [3.63, 3.8) is 0 Å². The molecule has 3 aliphatic rings. The number of cyclic esters (lactones) is 1. The molecule has 2 aliphatic heterocycles. The molecule has 1 atom stereocenters. The van der Waals surface area contributed by atoms with E-state index in [9.17, 15) is 24.3 Å². The van der Waals surface area contributed by atoms with Crippen molar-refractivity contribution in [2.45, 2.75) is 38.5 Å². The molecule has 0 fully saturated rings. The van der Waals surface area contributed by atoms with Gasteiger partial charge in [0.25, 0.3) is 5.56 Å². The summed E-state index contributed by atoms with van der Waals surface area (Å²) in [5.41, 5.74) is 12.0. The smallest absolute Gasteiger partial charge is 0.407 e. The number of benzene rings is 5. The van der Waals surface area contributed by atoms with Crippen LogP contribution in [0, 0.1) is 6.92 Å². The quantitative estimate of drug-likeness (QED) is 0.0584. The predicted octanol–water partition coefficient (Wildman–Crippen LogP) is 6.82. The van der Waals surface area contributed by atoms with Crippen LogP contribution in [0.1, 0.15) is 51.0 Å². The van der Waals surface area contributed by atoms with Crippen molar-refractivity contribution in [1.29, 1.82) is 0 Å². The van der Waals surface area contributed by atoms with E-state index < -0.39 is 18.2 Å². The van der Waals surface area contributed by atoms with E-state index in [4.69, 9.17) is 19.2 Å². The molecule has 7 aromatic rings. The zero-order valence-corrected chi connectivity index (χ0v) is 33.2. The third kappa shape index (κ3) is 6.79. The number of rotatable bonds is 10. The standard InChI is InChI=1S/C49H40N4O8/c1-27-38-23-53-42(21-37-40(47(53)56)25-60-48(57)46(37)55)45(38)52-41-17-16-30-14-15-31(20-36(30)44(27)41)29-12-10-28(11-13-29)18-19-59-26-51-43(54)22-50-49(58)61-24-39-34-8-4-2-6-32(34)33-7-3-5-9-35(33)39/h2-17,20-21,39,46,55H,18-19,22-26H2,1H3,(H,50,58)(H,51,54). The lowest BCUT2D eigenvalue weighted by atomic mass is 9.94. The number of hydrogen-bond acceptors (Lipinski definition) is 9. The van der Waals surface area contributed by atoms with Gasteiger partial charge in [0.05, 0.1) is 35.6 Å². The van der Waals surface area contributed by atoms with E-state index in [1.54, 1.807) is 10.6 Å². The van der Waals surface area contributed by atoms with Crippen LogP contribution in [-0.2, 0) is 43.4 Å². The Bertz CT molecular complexity index is 2970. The Balaban J connectivity index is 0.735. The van der Waals surface area contributed by atoms with Gasteiger partial charge in [0.2, 0.25) is 5.91 Å². The number of nitrogens with one attached hydrogen (secondary N) is 2. The van der Waals surface area contributed by atoms with Gasteiger partial charge in [-0.3, -0.25) is 9.59 Å². The van der Waals surface area contributed by atoms with Gasteiger partial charge in [0.15, 0.2) is 6.10 Å². The van der Waals surface area contributed by atoms with E-state index in [1.807, 2.05) is 36.4 Å². The molecule has 0 bridgehead atoms. The fraction of sp³-hybridized carbons (Fsp3) is 0.204. The third-order valence-corrected chi connectivity index (χ3v) is 12.1. The predicted molar refractivity (Wildman–Crippen MR) is 229 cm³/mol. The van der Waals surface area contributed by atoms with Crippen molar-refractivity contribution in [2.24, 2.45) is 0 Å². The maximum Gasteiger partial charge on any atom is 0.407 e. The van der Waals surface area contributed by atoms with Crippen LogP contribution in [0.5, 0.6) is 0 Å². The summed E-state index contributed by atoms with van der Waals surface area (Å²) in [7, 11) is 0. The molecule has 304 valence electrons. The molecule has 0 saturated heterocycles. The van der Waals surface area contributed by atoms with Crippen molar-refractivity contribution in [3.8, 4) is 33.6 Å². The number of ether oxygens (including phenoxy) is 3. The first kappa shape index (κ1) is 38.1. The number of nitrogens with zero attached hydrogens (tertiary/aromatic N) is 2. The Morgan fingerprint density at radius 1 is 0.852 bits per heavy atom. The zero-order chi connectivity index (χ0) is 41.8. The van der Waals surface area contributed by atoms with Gasteiger partial charge in [-0.05, 0) is 86.8 Å². The van der Waals surface area contributed by atoms with Crippen molar-refractivity contribution in [3.05, 3.63) is 158 Å². The average Bonchev–Trinajstić information content (AvgIpc) is 3.82. The van der Waals surface area contributed by atoms with Gasteiger partial charge in [-0.15, -0.1) is 0 Å². The Kier molecular flexibility index (Phi) is 9.65. The highest BCUT2D eigenvalue weighted by Gasteiger charge is 2.35. The highest BCUT2D eigenvalue weighted by molar-refractivity contribution is 6.10. The highest BCUT2D eigenvalue weighted by atomic mass is 16.6. The molecule has 2 amide bonds. The second-order valence-corrected chi connectivity index (χ2v) is 15.6. The topological polar surface area (TPSA) is 158 Å². The maximum atomic E-state index is 13.5. The second kappa shape index (κ2) is 15.5. The first-order chi connectivity index (χ1) is 29.7. The van der Waals surface area contributed by atoms with Gasteiger partial charge in [0.1, 0.15) is 26.5 Å². The number of aryl methyl sites for hydroxylation is 1. The van der Waals surface area contributed by atoms with E-state index in [1.165, 1.54) is 0 Å². The van der Waals surface area contributed by atoms with Gasteiger partial charge in [-0.1, -0.05) is 91.0 Å². The Labute approximate surface area is 349 Å². The Morgan fingerprint density at radius 3 is 2.34 bits per heavy atom. The molecule has 3 N–H and O–H groups in total. The van der Waals surface area contributed by atoms with Crippen molar-refractivity contribution in [2.75, 3.05) is 26.5 Å². The molecule has 0 spiro atoms. The van der Waals surface area contributed by atoms with Crippen LogP contribution in [0.2, 0.25) is 0 Å². The highest BCUT2D eigenvalue weighted by Crippen LogP contribution is 2.45. The first-order valence-corrected chi connectivity index (χ1v) is 20.2. The molecule has 5 aromatic carbocycles. The number of pyridine rings is 2. The minimum absolute atomic E-state index is 0.00973. The normalized spacial score (nSPS) is 14.8. The minimum Gasteiger partial charge on any atom is -0.458 e. The second-order valence-electron chi connectivity index (χ2n) is 15.6. The molecular weight excluding hydrogens is 773 g/mol. The average molecular weight is 813 g/mol. The minimum atomic E-state index is -1.50. The number of fused-ring (bicyclic) bond motifs is 10. The number of hydrogen-bond donors (Lipinski definition) is 3.